The summed E-state index contributed by atoms with van der Waals surface area (Å²) in [5.41, 5.74) is 2.98. The first-order valence-electron chi connectivity index (χ1n) is 10.5. The van der Waals surface area contributed by atoms with Crippen LogP contribution in [-0.4, -0.2) is 45.7 Å². The lowest BCUT2D eigenvalue weighted by molar-refractivity contribution is 0.0783. The number of aryl methyl sites for hydroxylation is 1. The molecule has 0 spiro atoms. The van der Waals surface area contributed by atoms with Gasteiger partial charge in [-0.05, 0) is 49.1 Å². The highest BCUT2D eigenvalue weighted by Crippen LogP contribution is 2.37. The van der Waals surface area contributed by atoms with Gasteiger partial charge in [0, 0.05) is 36.8 Å². The number of amides is 1. The molecule has 0 radical (unpaired) electrons. The molecule has 6 nitrogen and oxygen atoms in total. The first-order valence-corrected chi connectivity index (χ1v) is 11.3. The van der Waals surface area contributed by atoms with Crippen LogP contribution in [0.4, 0.5) is 0 Å². The third kappa shape index (κ3) is 5.44. The van der Waals surface area contributed by atoms with E-state index in [1.807, 2.05) is 24.0 Å². The molecule has 0 bridgehead atoms. The van der Waals surface area contributed by atoms with Gasteiger partial charge in [0.1, 0.15) is 0 Å². The molecule has 0 unspecified atom stereocenters. The molecule has 3 heterocycles. The van der Waals surface area contributed by atoms with E-state index in [4.69, 9.17) is 34.4 Å². The topological polar surface area (TPSA) is 68.2 Å². The zero-order chi connectivity index (χ0) is 23.4. The van der Waals surface area contributed by atoms with Crippen molar-refractivity contribution in [3.05, 3.63) is 81.2 Å². The van der Waals surface area contributed by atoms with Crippen molar-refractivity contribution in [2.24, 2.45) is 5.92 Å². The monoisotopic (exact) mass is 480 g/mol. The maximum atomic E-state index is 13.2. The molecule has 33 heavy (non-hydrogen) atoms. The maximum Gasteiger partial charge on any atom is 0.255 e. The van der Waals surface area contributed by atoms with Crippen LogP contribution in [0.25, 0.3) is 0 Å². The van der Waals surface area contributed by atoms with Crippen LogP contribution in [0.2, 0.25) is 10.0 Å². The van der Waals surface area contributed by atoms with Crippen LogP contribution in [0.5, 0.6) is 5.88 Å². The van der Waals surface area contributed by atoms with Gasteiger partial charge in [0.05, 0.1) is 34.1 Å². The first-order chi connectivity index (χ1) is 15.9. The largest absolute Gasteiger partial charge is 0.478 e. The van der Waals surface area contributed by atoms with Crippen molar-refractivity contribution in [2.75, 3.05) is 19.7 Å². The Morgan fingerprint density at radius 3 is 2.73 bits per heavy atom. The van der Waals surface area contributed by atoms with E-state index in [0.29, 0.717) is 52.4 Å². The quantitative estimate of drug-likeness (QED) is 0.474. The minimum Gasteiger partial charge on any atom is -0.478 e. The van der Waals surface area contributed by atoms with Gasteiger partial charge in [0.15, 0.2) is 0 Å². The lowest BCUT2D eigenvalue weighted by atomic mass is 9.87. The molecule has 1 fully saturated rings. The number of nitrogens with zero attached hydrogens (tertiary/aromatic N) is 4. The van der Waals surface area contributed by atoms with Gasteiger partial charge >= 0.3 is 0 Å². The van der Waals surface area contributed by atoms with Crippen LogP contribution in [-0.2, 0) is 0 Å². The molecule has 1 aromatic carbocycles. The second-order valence-electron chi connectivity index (χ2n) is 8.00. The lowest BCUT2D eigenvalue weighted by Crippen LogP contribution is -2.29. The predicted octanol–water partition coefficient (Wildman–Crippen LogP) is 4.79. The summed E-state index contributed by atoms with van der Waals surface area (Å²) >= 11 is 12.4. The van der Waals surface area contributed by atoms with E-state index in [1.54, 1.807) is 30.5 Å². The van der Waals surface area contributed by atoms with Gasteiger partial charge in [-0.1, -0.05) is 35.2 Å². The molecule has 3 aromatic rings. The summed E-state index contributed by atoms with van der Waals surface area (Å²) < 4.78 is 5.84. The summed E-state index contributed by atoms with van der Waals surface area (Å²) in [4.78, 5) is 19.2. The van der Waals surface area contributed by atoms with E-state index in [0.717, 1.165) is 12.0 Å². The van der Waals surface area contributed by atoms with Crippen LogP contribution in [0.15, 0.2) is 48.8 Å². The Hall–Kier alpha value is -3.14. The van der Waals surface area contributed by atoms with Crippen LogP contribution in [0.3, 0.4) is 0 Å². The van der Waals surface area contributed by atoms with E-state index in [-0.39, 0.29) is 17.7 Å². The minimum absolute atomic E-state index is 0.0620. The van der Waals surface area contributed by atoms with Crippen molar-refractivity contribution in [3.63, 3.8) is 0 Å². The average molecular weight is 481 g/mol. The Labute approximate surface area is 202 Å². The third-order valence-electron chi connectivity index (χ3n) is 5.77. The number of hydrogen-bond acceptors (Lipinski definition) is 5. The van der Waals surface area contributed by atoms with Gasteiger partial charge in [-0.15, -0.1) is 6.42 Å². The minimum atomic E-state index is -0.0620. The van der Waals surface area contributed by atoms with E-state index in [9.17, 15) is 4.79 Å². The van der Waals surface area contributed by atoms with Gasteiger partial charge in [-0.3, -0.25) is 4.79 Å². The molecule has 2 aromatic heterocycles. The number of ether oxygens (including phenoxy) is 1. The molecule has 1 amide bonds. The zero-order valence-electron chi connectivity index (χ0n) is 18.0. The number of rotatable bonds is 6. The Bertz CT molecular complexity index is 1190. The van der Waals surface area contributed by atoms with E-state index in [2.05, 4.69) is 21.1 Å². The molecule has 2 atom stereocenters. The normalized spacial score (nSPS) is 17.6. The second-order valence-corrected chi connectivity index (χ2v) is 8.82. The van der Waals surface area contributed by atoms with Gasteiger partial charge in [0.2, 0.25) is 5.88 Å². The Morgan fingerprint density at radius 1 is 1.18 bits per heavy atom. The fraction of sp³-hybridized carbons (Fsp3) is 0.280. The lowest BCUT2D eigenvalue weighted by Gasteiger charge is -2.19. The first kappa shape index (κ1) is 23.0. The van der Waals surface area contributed by atoms with Gasteiger partial charge in [-0.2, -0.15) is 10.2 Å². The molecule has 8 heteroatoms. The summed E-state index contributed by atoms with van der Waals surface area (Å²) in [7, 11) is 0. The fourth-order valence-corrected chi connectivity index (χ4v) is 4.40. The number of carbonyl (C=O) groups is 1. The van der Waals surface area contributed by atoms with Gasteiger partial charge in [0.25, 0.3) is 5.91 Å². The summed E-state index contributed by atoms with van der Waals surface area (Å²) in [6.45, 7) is 3.44. The molecule has 1 aliphatic heterocycles. The fourth-order valence-electron chi connectivity index (χ4n) is 4.09. The molecule has 0 N–H and O–H groups in total. The molecular formula is C25H22Cl2N4O2. The molecule has 1 saturated heterocycles. The Kier molecular flexibility index (Phi) is 7.12. The van der Waals surface area contributed by atoms with E-state index < -0.39 is 0 Å². The van der Waals surface area contributed by atoms with Gasteiger partial charge in [-0.25, -0.2) is 4.98 Å². The number of terminal acetylenes is 1. The highest BCUT2D eigenvalue weighted by molar-refractivity contribution is 6.42. The number of halogens is 2. The molecular weight excluding hydrogens is 459 g/mol. The summed E-state index contributed by atoms with van der Waals surface area (Å²) in [5.74, 6) is 3.26. The maximum absolute atomic E-state index is 13.2. The highest BCUT2D eigenvalue weighted by atomic mass is 35.5. The number of aromatic nitrogens is 3. The number of carbonyl (C=O) groups excluding carboxylic acids is 1. The summed E-state index contributed by atoms with van der Waals surface area (Å²) in [6, 6.07) is 11.0. The van der Waals surface area contributed by atoms with Crippen molar-refractivity contribution in [2.45, 2.75) is 19.3 Å². The highest BCUT2D eigenvalue weighted by Gasteiger charge is 2.36. The molecule has 0 aliphatic carbocycles. The Balaban J connectivity index is 1.50. The predicted molar refractivity (Wildman–Crippen MR) is 128 cm³/mol. The van der Waals surface area contributed by atoms with Gasteiger partial charge < -0.3 is 9.64 Å². The second kappa shape index (κ2) is 10.2. The van der Waals surface area contributed by atoms with Crippen LogP contribution >= 0.6 is 23.2 Å². The van der Waals surface area contributed by atoms with Crippen molar-refractivity contribution in [1.29, 1.82) is 0 Å². The molecule has 1 aliphatic rings. The SMILES string of the molecule is C#Cc1ccc(OCC[C@@H]2CN(C(=O)c3cnnc(C)c3)C[C@@H]2c2ccc(Cl)c(Cl)c2)nc1. The number of pyridine rings is 1. The smallest absolute Gasteiger partial charge is 0.255 e. The van der Waals surface area contributed by atoms with E-state index in [1.165, 1.54) is 6.20 Å². The molecule has 4 rings (SSSR count). The van der Waals surface area contributed by atoms with Crippen molar-refractivity contribution in [3.8, 4) is 18.2 Å². The third-order valence-corrected chi connectivity index (χ3v) is 6.50. The van der Waals surface area contributed by atoms with Crippen LogP contribution in [0, 0.1) is 25.2 Å². The van der Waals surface area contributed by atoms with Crippen molar-refractivity contribution >= 4 is 29.1 Å². The summed E-state index contributed by atoms with van der Waals surface area (Å²) in [5, 5.41) is 8.87. The number of hydrogen-bond donors (Lipinski definition) is 0. The van der Waals surface area contributed by atoms with Crippen LogP contribution in [0.1, 0.15) is 39.5 Å². The van der Waals surface area contributed by atoms with E-state index >= 15 is 0 Å². The standard InChI is InChI=1S/C25H22Cl2N4O2/c1-3-17-4-7-24(28-12-17)33-9-8-19-14-31(25(32)20-10-16(2)30-29-13-20)15-21(19)18-5-6-22(26)23(27)11-18/h1,4-7,10-13,19,21H,8-9,14-15H2,2H3/t19-,21-/m1/s1. The average Bonchev–Trinajstić information content (AvgIpc) is 3.25. The van der Waals surface area contributed by atoms with Crippen molar-refractivity contribution in [1.82, 2.24) is 20.1 Å². The number of benzene rings is 1. The number of likely N-dealkylation sites (tertiary alicyclic amines) is 1. The molecule has 0 saturated carbocycles. The Morgan fingerprint density at radius 2 is 2.03 bits per heavy atom. The zero-order valence-corrected chi connectivity index (χ0v) is 19.6. The molecule has 168 valence electrons. The van der Waals surface area contributed by atoms with Crippen LogP contribution < -0.4 is 4.74 Å². The van der Waals surface area contributed by atoms with Crippen molar-refractivity contribution < 1.29 is 9.53 Å². The summed E-state index contributed by atoms with van der Waals surface area (Å²) in [6.07, 6.45) is 9.22.